The van der Waals surface area contributed by atoms with Crippen LogP contribution in [0.25, 0.3) is 0 Å². The first-order chi connectivity index (χ1) is 6.72. The number of hydrogen-bond acceptors (Lipinski definition) is 2. The minimum atomic E-state index is -0.250. The lowest BCUT2D eigenvalue weighted by atomic mass is 10.0. The fraction of sp³-hybridized carbons (Fsp3) is 0.500. The van der Waals surface area contributed by atoms with E-state index in [0.717, 1.165) is 12.8 Å². The smallest absolute Gasteiger partial charge is 0.0555 e. The fourth-order valence-electron chi connectivity index (χ4n) is 1.54. The van der Waals surface area contributed by atoms with Gasteiger partial charge in [0.25, 0.3) is 0 Å². The van der Waals surface area contributed by atoms with Crippen molar-refractivity contribution in [3.05, 3.63) is 35.4 Å². The van der Waals surface area contributed by atoms with Crippen LogP contribution in [0, 0.1) is 6.92 Å². The van der Waals surface area contributed by atoms with Crippen molar-refractivity contribution in [1.29, 1.82) is 0 Å². The molecule has 0 spiro atoms. The van der Waals surface area contributed by atoms with E-state index in [0.29, 0.717) is 13.0 Å². The minimum Gasteiger partial charge on any atom is -0.393 e. The summed E-state index contributed by atoms with van der Waals surface area (Å²) in [6, 6.07) is 8.40. The second-order valence-electron chi connectivity index (χ2n) is 3.76. The molecule has 0 saturated heterocycles. The molecule has 0 amide bonds. The van der Waals surface area contributed by atoms with Crippen LogP contribution in [0.5, 0.6) is 0 Å². The zero-order chi connectivity index (χ0) is 10.4. The third-order valence-electron chi connectivity index (χ3n) is 2.35. The van der Waals surface area contributed by atoms with Gasteiger partial charge in [0.15, 0.2) is 0 Å². The van der Waals surface area contributed by atoms with E-state index in [1.807, 2.05) is 0 Å². The van der Waals surface area contributed by atoms with Crippen LogP contribution in [0.15, 0.2) is 24.3 Å². The largest absolute Gasteiger partial charge is 0.393 e. The van der Waals surface area contributed by atoms with E-state index in [1.54, 1.807) is 0 Å². The fourth-order valence-corrected chi connectivity index (χ4v) is 1.54. The summed E-state index contributed by atoms with van der Waals surface area (Å²) >= 11 is 0. The second-order valence-corrected chi connectivity index (χ2v) is 3.76. The molecule has 2 nitrogen and oxygen atoms in total. The predicted octanol–water partition coefficient (Wildman–Crippen LogP) is 1.64. The average molecular weight is 193 g/mol. The molecule has 0 saturated carbocycles. The van der Waals surface area contributed by atoms with E-state index in [4.69, 9.17) is 5.73 Å². The molecule has 0 bridgehead atoms. The Balaban J connectivity index is 2.37. The molecule has 1 aromatic rings. The lowest BCUT2D eigenvalue weighted by molar-refractivity contribution is 0.157. The summed E-state index contributed by atoms with van der Waals surface area (Å²) < 4.78 is 0. The molecular formula is C12H19NO. The zero-order valence-electron chi connectivity index (χ0n) is 8.74. The van der Waals surface area contributed by atoms with Crippen molar-refractivity contribution in [2.75, 3.05) is 6.54 Å². The van der Waals surface area contributed by atoms with Crippen LogP contribution in [0.3, 0.4) is 0 Å². The van der Waals surface area contributed by atoms with Gasteiger partial charge in [-0.15, -0.1) is 0 Å². The number of aliphatic hydroxyl groups is 1. The number of aryl methyl sites for hydroxylation is 2. The Kier molecular flexibility index (Phi) is 4.63. The number of nitrogens with two attached hydrogens (primary N) is 1. The SMILES string of the molecule is Cc1cccc(CCC(O)CCN)c1. The molecule has 0 fully saturated rings. The van der Waals surface area contributed by atoms with Crippen LogP contribution in [0.2, 0.25) is 0 Å². The Morgan fingerprint density at radius 1 is 1.36 bits per heavy atom. The number of aliphatic hydroxyl groups excluding tert-OH is 1. The van der Waals surface area contributed by atoms with Crippen molar-refractivity contribution in [2.24, 2.45) is 5.73 Å². The van der Waals surface area contributed by atoms with Gasteiger partial charge in [0.1, 0.15) is 0 Å². The molecule has 0 radical (unpaired) electrons. The monoisotopic (exact) mass is 193 g/mol. The number of rotatable bonds is 5. The average Bonchev–Trinajstić information content (AvgIpc) is 2.15. The summed E-state index contributed by atoms with van der Waals surface area (Å²) in [6.07, 6.45) is 2.19. The van der Waals surface area contributed by atoms with Crippen LogP contribution in [-0.4, -0.2) is 17.8 Å². The summed E-state index contributed by atoms with van der Waals surface area (Å²) in [5, 5.41) is 9.50. The highest BCUT2D eigenvalue weighted by Gasteiger charge is 2.02. The number of hydrogen-bond donors (Lipinski definition) is 2. The first kappa shape index (κ1) is 11.2. The third kappa shape index (κ3) is 3.90. The van der Waals surface area contributed by atoms with Crippen LogP contribution in [0.4, 0.5) is 0 Å². The molecule has 1 unspecified atom stereocenters. The molecule has 14 heavy (non-hydrogen) atoms. The van der Waals surface area contributed by atoms with Gasteiger partial charge in [-0.3, -0.25) is 0 Å². The highest BCUT2D eigenvalue weighted by Crippen LogP contribution is 2.09. The molecule has 2 heteroatoms. The highest BCUT2D eigenvalue weighted by molar-refractivity contribution is 5.22. The Morgan fingerprint density at radius 2 is 2.14 bits per heavy atom. The molecule has 1 aromatic carbocycles. The van der Waals surface area contributed by atoms with Crippen molar-refractivity contribution in [3.8, 4) is 0 Å². The Morgan fingerprint density at radius 3 is 2.79 bits per heavy atom. The molecule has 0 aliphatic rings. The van der Waals surface area contributed by atoms with Gasteiger partial charge in [-0.05, 0) is 38.3 Å². The van der Waals surface area contributed by atoms with Gasteiger partial charge < -0.3 is 10.8 Å². The second kappa shape index (κ2) is 5.78. The minimum absolute atomic E-state index is 0.250. The van der Waals surface area contributed by atoms with E-state index in [2.05, 4.69) is 31.2 Å². The lowest BCUT2D eigenvalue weighted by Gasteiger charge is -2.08. The van der Waals surface area contributed by atoms with Crippen molar-refractivity contribution >= 4 is 0 Å². The molecule has 3 N–H and O–H groups in total. The maximum Gasteiger partial charge on any atom is 0.0555 e. The van der Waals surface area contributed by atoms with Gasteiger partial charge in [0.05, 0.1) is 6.10 Å². The first-order valence-corrected chi connectivity index (χ1v) is 5.16. The van der Waals surface area contributed by atoms with E-state index >= 15 is 0 Å². The topological polar surface area (TPSA) is 46.2 Å². The van der Waals surface area contributed by atoms with E-state index in [-0.39, 0.29) is 6.10 Å². The van der Waals surface area contributed by atoms with Gasteiger partial charge in [-0.1, -0.05) is 29.8 Å². The van der Waals surface area contributed by atoms with Crippen LogP contribution >= 0.6 is 0 Å². The van der Waals surface area contributed by atoms with Gasteiger partial charge in [0, 0.05) is 0 Å². The molecule has 1 rings (SSSR count). The summed E-state index contributed by atoms with van der Waals surface area (Å²) in [5.41, 5.74) is 7.93. The Labute approximate surface area is 85.8 Å². The molecule has 0 aliphatic carbocycles. The van der Waals surface area contributed by atoms with Crippen molar-refractivity contribution in [2.45, 2.75) is 32.3 Å². The van der Waals surface area contributed by atoms with E-state index < -0.39 is 0 Å². The highest BCUT2D eigenvalue weighted by atomic mass is 16.3. The normalized spacial score (nSPS) is 12.8. The van der Waals surface area contributed by atoms with Crippen molar-refractivity contribution in [3.63, 3.8) is 0 Å². The van der Waals surface area contributed by atoms with E-state index in [1.165, 1.54) is 11.1 Å². The van der Waals surface area contributed by atoms with Crippen LogP contribution < -0.4 is 5.73 Å². The molecular weight excluding hydrogens is 174 g/mol. The zero-order valence-corrected chi connectivity index (χ0v) is 8.74. The summed E-state index contributed by atoms with van der Waals surface area (Å²) in [7, 11) is 0. The molecule has 1 atom stereocenters. The maximum atomic E-state index is 9.50. The first-order valence-electron chi connectivity index (χ1n) is 5.16. The van der Waals surface area contributed by atoms with Crippen molar-refractivity contribution < 1.29 is 5.11 Å². The summed E-state index contributed by atoms with van der Waals surface area (Å²) in [5.74, 6) is 0. The lowest BCUT2D eigenvalue weighted by Crippen LogP contribution is -2.14. The van der Waals surface area contributed by atoms with Gasteiger partial charge in [-0.25, -0.2) is 0 Å². The van der Waals surface area contributed by atoms with Crippen LogP contribution in [0.1, 0.15) is 24.0 Å². The van der Waals surface area contributed by atoms with Crippen molar-refractivity contribution in [1.82, 2.24) is 0 Å². The predicted molar refractivity (Wildman–Crippen MR) is 59.2 cm³/mol. The Bertz CT molecular complexity index is 273. The van der Waals surface area contributed by atoms with Gasteiger partial charge in [0.2, 0.25) is 0 Å². The molecule has 0 aliphatic heterocycles. The van der Waals surface area contributed by atoms with E-state index in [9.17, 15) is 5.11 Å². The van der Waals surface area contributed by atoms with Crippen LogP contribution in [-0.2, 0) is 6.42 Å². The summed E-state index contributed by atoms with van der Waals surface area (Å²) in [6.45, 7) is 2.65. The van der Waals surface area contributed by atoms with Gasteiger partial charge >= 0.3 is 0 Å². The Hall–Kier alpha value is -0.860. The molecule has 0 heterocycles. The molecule has 78 valence electrons. The van der Waals surface area contributed by atoms with Gasteiger partial charge in [-0.2, -0.15) is 0 Å². The third-order valence-corrected chi connectivity index (χ3v) is 2.35. The quantitative estimate of drug-likeness (QED) is 0.746. The standard InChI is InChI=1S/C12H19NO/c1-10-3-2-4-11(9-10)5-6-12(14)7-8-13/h2-4,9,12,14H,5-8,13H2,1H3. The number of benzene rings is 1. The summed E-state index contributed by atoms with van der Waals surface area (Å²) in [4.78, 5) is 0. The maximum absolute atomic E-state index is 9.50. The molecule has 0 aromatic heterocycles.